The van der Waals surface area contributed by atoms with Crippen molar-refractivity contribution < 1.29 is 25.6 Å². The van der Waals surface area contributed by atoms with E-state index in [0.29, 0.717) is 24.2 Å². The summed E-state index contributed by atoms with van der Waals surface area (Å²) in [6, 6.07) is 0. The van der Waals surface area contributed by atoms with E-state index in [1.807, 2.05) is 0 Å². The lowest BCUT2D eigenvalue weighted by molar-refractivity contribution is -0.189. The van der Waals surface area contributed by atoms with Gasteiger partial charge in [-0.2, -0.15) is 0 Å². The Bertz CT molecular complexity index is 643. The zero-order valence-electron chi connectivity index (χ0n) is 17.9. The van der Waals surface area contributed by atoms with Crippen LogP contribution >= 0.6 is 0 Å². The highest BCUT2D eigenvalue weighted by molar-refractivity contribution is 5.88. The van der Waals surface area contributed by atoms with Gasteiger partial charge in [-0.1, -0.05) is 31.8 Å². The Balaban J connectivity index is 1.74. The monoisotopic (exact) mass is 409 g/mol. The van der Waals surface area contributed by atoms with Gasteiger partial charge in [-0.3, -0.25) is 0 Å². The molecule has 3 unspecified atom stereocenters. The van der Waals surface area contributed by atoms with Crippen molar-refractivity contribution in [1.82, 2.24) is 0 Å². The average molecular weight is 410 g/mol. The molecule has 4 aliphatic carbocycles. The van der Waals surface area contributed by atoms with Crippen molar-refractivity contribution >= 4 is 5.71 Å². The summed E-state index contributed by atoms with van der Waals surface area (Å²) in [4.78, 5) is 0. The van der Waals surface area contributed by atoms with Crippen LogP contribution in [0.4, 0.5) is 0 Å². The summed E-state index contributed by atoms with van der Waals surface area (Å²) in [7, 11) is 0. The lowest BCUT2D eigenvalue weighted by Gasteiger charge is -2.62. The van der Waals surface area contributed by atoms with E-state index in [1.54, 1.807) is 0 Å². The number of fused-ring (bicyclic) bond motifs is 5. The maximum absolute atomic E-state index is 10.9. The second-order valence-electron chi connectivity index (χ2n) is 10.9. The molecule has 166 valence electrons. The van der Waals surface area contributed by atoms with E-state index in [1.165, 1.54) is 19.3 Å². The van der Waals surface area contributed by atoms with Crippen LogP contribution in [0.3, 0.4) is 0 Å². The molecule has 0 heterocycles. The zero-order chi connectivity index (χ0) is 21.0. The molecule has 4 saturated carbocycles. The molecular weight excluding hydrogens is 370 g/mol. The van der Waals surface area contributed by atoms with E-state index in [9.17, 15) is 25.6 Å². The molecule has 5 N–H and O–H groups in total. The molecule has 29 heavy (non-hydrogen) atoms. The molecule has 6 heteroatoms. The quantitative estimate of drug-likeness (QED) is 0.362. The highest BCUT2D eigenvalue weighted by Gasteiger charge is 2.68. The topological polar surface area (TPSA) is 114 Å². The Morgan fingerprint density at radius 3 is 2.21 bits per heavy atom. The molecule has 0 bridgehead atoms. The summed E-state index contributed by atoms with van der Waals surface area (Å²) < 4.78 is 0. The number of rotatable bonds is 4. The molecule has 6 nitrogen and oxygen atoms in total. The Morgan fingerprint density at radius 1 is 0.931 bits per heavy atom. The van der Waals surface area contributed by atoms with Crippen LogP contribution in [-0.2, 0) is 0 Å². The third kappa shape index (κ3) is 2.71. The van der Waals surface area contributed by atoms with Gasteiger partial charge in [0.25, 0.3) is 0 Å². The minimum Gasteiger partial charge on any atom is -0.411 e. The van der Waals surface area contributed by atoms with Crippen molar-refractivity contribution in [3.63, 3.8) is 0 Å². The third-order valence-corrected chi connectivity index (χ3v) is 10.4. The normalized spacial score (nSPS) is 50.5. The van der Waals surface area contributed by atoms with Crippen LogP contribution in [0.25, 0.3) is 0 Å². The van der Waals surface area contributed by atoms with Crippen LogP contribution in [0.1, 0.15) is 71.6 Å². The maximum Gasteiger partial charge on any atom is 0.0857 e. The van der Waals surface area contributed by atoms with Crippen molar-refractivity contribution in [3.8, 4) is 0 Å². The predicted molar refractivity (Wildman–Crippen MR) is 110 cm³/mol. The summed E-state index contributed by atoms with van der Waals surface area (Å²) in [5.41, 5.74) is -0.162. The summed E-state index contributed by atoms with van der Waals surface area (Å²) in [5.74, 6) is 1.56. The Labute approximate surface area is 174 Å². The third-order valence-electron chi connectivity index (χ3n) is 10.4. The van der Waals surface area contributed by atoms with Gasteiger partial charge in [-0.15, -0.1) is 0 Å². The van der Waals surface area contributed by atoms with E-state index in [0.717, 1.165) is 37.8 Å². The molecule has 0 saturated heterocycles. The Morgan fingerprint density at radius 2 is 1.59 bits per heavy atom. The fraction of sp³-hybridized carbons (Fsp3) is 0.957. The molecule has 0 radical (unpaired) electrons. The lowest BCUT2D eigenvalue weighted by atomic mass is 9.42. The van der Waals surface area contributed by atoms with E-state index in [4.69, 9.17) is 0 Å². The fourth-order valence-corrected chi connectivity index (χ4v) is 8.99. The maximum atomic E-state index is 10.9. The molecular formula is C23H39NO5. The number of aliphatic hydroxyl groups is 4. The molecule has 0 aromatic rings. The van der Waals surface area contributed by atoms with Gasteiger partial charge in [0.15, 0.2) is 0 Å². The van der Waals surface area contributed by atoms with Crippen molar-refractivity contribution in [1.29, 1.82) is 0 Å². The van der Waals surface area contributed by atoms with Gasteiger partial charge < -0.3 is 25.6 Å². The first kappa shape index (κ1) is 21.5. The Kier molecular flexibility index (Phi) is 5.55. The highest BCUT2D eigenvalue weighted by atomic mass is 16.4. The first-order chi connectivity index (χ1) is 13.8. The second-order valence-corrected chi connectivity index (χ2v) is 10.9. The number of hydrogen-bond acceptors (Lipinski definition) is 6. The van der Waals surface area contributed by atoms with E-state index in [2.05, 4.69) is 19.0 Å². The van der Waals surface area contributed by atoms with Crippen LogP contribution in [0.2, 0.25) is 0 Å². The molecule has 0 aromatic heterocycles. The Hall–Kier alpha value is -0.690. The van der Waals surface area contributed by atoms with Crippen molar-refractivity contribution in [3.05, 3.63) is 0 Å². The first-order valence-electron chi connectivity index (χ1n) is 11.6. The van der Waals surface area contributed by atoms with Crippen LogP contribution in [-0.4, -0.2) is 56.8 Å². The van der Waals surface area contributed by atoms with Gasteiger partial charge in [0, 0.05) is 11.3 Å². The number of nitrogens with zero attached hydrogens (tertiary/aromatic N) is 1. The van der Waals surface area contributed by atoms with Crippen LogP contribution < -0.4 is 0 Å². The first-order valence-corrected chi connectivity index (χ1v) is 11.6. The minimum atomic E-state index is -1.05. The van der Waals surface area contributed by atoms with Crippen molar-refractivity contribution in [2.45, 2.75) is 83.8 Å². The summed E-state index contributed by atoms with van der Waals surface area (Å²) in [6.07, 6.45) is 6.79. The molecule has 4 aliphatic rings. The van der Waals surface area contributed by atoms with E-state index >= 15 is 0 Å². The number of aliphatic hydroxyl groups excluding tert-OH is 4. The average Bonchev–Trinajstić information content (AvgIpc) is 3.05. The number of oxime groups is 1. The van der Waals surface area contributed by atoms with Crippen molar-refractivity contribution in [2.24, 2.45) is 45.1 Å². The molecule has 0 aliphatic heterocycles. The van der Waals surface area contributed by atoms with Gasteiger partial charge in [0.2, 0.25) is 0 Å². The zero-order valence-corrected chi connectivity index (χ0v) is 17.9. The smallest absolute Gasteiger partial charge is 0.0857 e. The molecule has 0 amide bonds. The molecule has 0 aromatic carbocycles. The van der Waals surface area contributed by atoms with Crippen LogP contribution in [0, 0.1) is 39.9 Å². The van der Waals surface area contributed by atoms with Gasteiger partial charge in [-0.25, -0.2) is 0 Å². The van der Waals surface area contributed by atoms with Crippen LogP contribution in [0.5, 0.6) is 0 Å². The summed E-state index contributed by atoms with van der Waals surface area (Å²) in [6.45, 7) is 3.74. The lowest BCUT2D eigenvalue weighted by Crippen LogP contribution is -2.62. The fourth-order valence-electron chi connectivity index (χ4n) is 8.99. The SMILES string of the molecule is C[C@]12CCCCC1/C(=N\O)C[C@@H]1[C@H]2CC[C@@]2(C)[C@H]1CCC2(C(O)CO)C(O)CO. The van der Waals surface area contributed by atoms with Gasteiger partial charge in [0.1, 0.15) is 0 Å². The molecule has 0 spiro atoms. The van der Waals surface area contributed by atoms with E-state index in [-0.39, 0.29) is 16.7 Å². The van der Waals surface area contributed by atoms with Gasteiger partial charge in [0.05, 0.1) is 31.1 Å². The van der Waals surface area contributed by atoms with Gasteiger partial charge in [-0.05, 0) is 73.5 Å². The largest absolute Gasteiger partial charge is 0.411 e. The molecule has 4 rings (SSSR count). The van der Waals surface area contributed by atoms with Gasteiger partial charge >= 0.3 is 0 Å². The van der Waals surface area contributed by atoms with Crippen LogP contribution in [0.15, 0.2) is 5.16 Å². The van der Waals surface area contributed by atoms with Crippen molar-refractivity contribution in [2.75, 3.05) is 13.2 Å². The molecule has 8 atom stereocenters. The van der Waals surface area contributed by atoms with E-state index < -0.39 is 30.8 Å². The number of hydrogen-bond donors (Lipinski definition) is 5. The summed E-state index contributed by atoms with van der Waals surface area (Å²) >= 11 is 0. The molecule has 4 fully saturated rings. The highest BCUT2D eigenvalue weighted by Crippen LogP contribution is 2.71. The summed E-state index contributed by atoms with van der Waals surface area (Å²) in [5, 5.41) is 55.0. The standard InChI is InChI=1S/C23H39NO5/c1-21-8-4-3-5-17(21)18(24-29)11-14-15(21)6-9-22(2)16(14)7-10-23(22,19(27)12-25)20(28)13-26/h14-17,19-20,25-29H,3-13H2,1-2H3/b24-18-/t14-,15-,16+,17?,19?,20?,21-,22+,23?/m1/s1. The minimum absolute atomic E-state index is 0.153. The predicted octanol–water partition coefficient (Wildman–Crippen LogP) is 2.55. The second kappa shape index (κ2) is 7.47.